The Morgan fingerprint density at radius 3 is 2.33 bits per heavy atom. The number of carbonyl (C=O) groups is 1. The summed E-state index contributed by atoms with van der Waals surface area (Å²) in [5.74, 6) is -4.33. The average Bonchev–Trinajstić information content (AvgIpc) is 2.60. The van der Waals surface area contributed by atoms with Crippen molar-refractivity contribution in [2.24, 2.45) is 16.5 Å². The molecule has 0 radical (unpaired) electrons. The highest BCUT2D eigenvalue weighted by Crippen LogP contribution is 2.33. The molecular formula is C19H15F3N4O. The van der Waals surface area contributed by atoms with Crippen LogP contribution < -0.4 is 11.5 Å². The molecule has 0 saturated heterocycles. The molecule has 5 nitrogen and oxygen atoms in total. The number of fused-ring (bicyclic) bond motifs is 1. The number of pyridine rings is 1. The van der Waals surface area contributed by atoms with Gasteiger partial charge in [-0.2, -0.15) is 4.99 Å². The molecule has 1 amide bonds. The Bertz CT molecular complexity index is 1070. The number of hydrogen-bond acceptors (Lipinski definition) is 2. The van der Waals surface area contributed by atoms with Gasteiger partial charge in [0.25, 0.3) is 5.91 Å². The third kappa shape index (κ3) is 3.46. The molecule has 0 aliphatic rings. The van der Waals surface area contributed by atoms with Crippen LogP contribution in [-0.2, 0) is 6.42 Å². The maximum Gasteiger partial charge on any atom is 0.280 e. The predicted octanol–water partition coefficient (Wildman–Crippen LogP) is 3.30. The smallest absolute Gasteiger partial charge is 0.280 e. The maximum absolute atomic E-state index is 14.3. The monoisotopic (exact) mass is 372 g/mol. The number of nitrogens with two attached hydrogens (primary N) is 2. The molecule has 0 saturated carbocycles. The molecule has 3 aromatic rings. The summed E-state index contributed by atoms with van der Waals surface area (Å²) >= 11 is 0. The zero-order chi connectivity index (χ0) is 19.7. The van der Waals surface area contributed by atoms with E-state index >= 15 is 0 Å². The standard InChI is InChI=1S/C19H15F3N4O/c1-2-9-8-25-17(16-14(21)6-11(20)7-15(16)22)13-5-10(3-4-12(9)13)18(27)26-19(23)24/h3-8H,2H2,1H3,(H4,23,24,26,27). The number of benzene rings is 2. The van der Waals surface area contributed by atoms with E-state index in [-0.39, 0.29) is 11.3 Å². The van der Waals surface area contributed by atoms with Gasteiger partial charge in [-0.05, 0) is 29.5 Å². The fourth-order valence-electron chi connectivity index (χ4n) is 2.87. The molecule has 0 bridgehead atoms. The normalized spacial score (nSPS) is 10.8. The minimum atomic E-state index is -1.09. The molecule has 0 aliphatic carbocycles. The van der Waals surface area contributed by atoms with E-state index in [4.69, 9.17) is 11.5 Å². The molecule has 138 valence electrons. The van der Waals surface area contributed by atoms with E-state index in [0.29, 0.717) is 29.3 Å². The Morgan fingerprint density at radius 2 is 1.74 bits per heavy atom. The molecule has 4 N–H and O–H groups in total. The molecule has 27 heavy (non-hydrogen) atoms. The molecule has 2 aromatic carbocycles. The zero-order valence-corrected chi connectivity index (χ0v) is 14.3. The van der Waals surface area contributed by atoms with Gasteiger partial charge >= 0.3 is 0 Å². The maximum atomic E-state index is 14.3. The van der Waals surface area contributed by atoms with E-state index in [1.165, 1.54) is 18.3 Å². The van der Waals surface area contributed by atoms with Gasteiger partial charge in [-0.3, -0.25) is 9.78 Å². The lowest BCUT2D eigenvalue weighted by molar-refractivity contribution is 0.100. The highest BCUT2D eigenvalue weighted by molar-refractivity contribution is 6.06. The first-order valence-corrected chi connectivity index (χ1v) is 8.02. The second-order valence-electron chi connectivity index (χ2n) is 5.83. The summed E-state index contributed by atoms with van der Waals surface area (Å²) in [5, 5.41) is 0.988. The van der Waals surface area contributed by atoms with Gasteiger partial charge in [-0.25, -0.2) is 13.2 Å². The van der Waals surface area contributed by atoms with Gasteiger partial charge < -0.3 is 11.5 Å². The lowest BCUT2D eigenvalue weighted by Crippen LogP contribution is -2.24. The quantitative estimate of drug-likeness (QED) is 0.545. The summed E-state index contributed by atoms with van der Waals surface area (Å²) in [6.45, 7) is 1.90. The van der Waals surface area contributed by atoms with Crippen LogP contribution in [0.3, 0.4) is 0 Å². The van der Waals surface area contributed by atoms with E-state index in [2.05, 4.69) is 9.98 Å². The first-order chi connectivity index (χ1) is 12.8. The molecule has 0 atom stereocenters. The number of halogens is 3. The van der Waals surface area contributed by atoms with Crippen molar-refractivity contribution in [2.45, 2.75) is 13.3 Å². The number of hydrogen-bond donors (Lipinski definition) is 2. The number of aryl methyl sites for hydroxylation is 1. The molecule has 0 aliphatic heterocycles. The minimum Gasteiger partial charge on any atom is -0.370 e. The average molecular weight is 372 g/mol. The van der Waals surface area contributed by atoms with Crippen LogP contribution in [0.2, 0.25) is 0 Å². The van der Waals surface area contributed by atoms with Crippen molar-refractivity contribution < 1.29 is 18.0 Å². The van der Waals surface area contributed by atoms with Gasteiger partial charge in [0.05, 0.1) is 11.3 Å². The second kappa shape index (κ2) is 7.06. The zero-order valence-electron chi connectivity index (χ0n) is 14.3. The molecule has 0 unspecified atom stereocenters. The summed E-state index contributed by atoms with van der Waals surface area (Å²) in [5.41, 5.74) is 10.9. The van der Waals surface area contributed by atoms with Crippen molar-refractivity contribution in [1.29, 1.82) is 0 Å². The minimum absolute atomic E-state index is 0.0449. The van der Waals surface area contributed by atoms with Crippen LogP contribution >= 0.6 is 0 Å². The fraction of sp³-hybridized carbons (Fsp3) is 0.105. The fourth-order valence-corrected chi connectivity index (χ4v) is 2.87. The summed E-state index contributed by atoms with van der Waals surface area (Å²) < 4.78 is 41.9. The highest BCUT2D eigenvalue weighted by Gasteiger charge is 2.19. The van der Waals surface area contributed by atoms with Gasteiger partial charge in [-0.15, -0.1) is 0 Å². The summed E-state index contributed by atoms with van der Waals surface area (Å²) in [6, 6.07) is 5.71. The number of nitrogens with zero attached hydrogens (tertiary/aromatic N) is 2. The summed E-state index contributed by atoms with van der Waals surface area (Å²) in [7, 11) is 0. The van der Waals surface area contributed by atoms with Gasteiger partial charge in [0, 0.05) is 29.3 Å². The molecule has 0 spiro atoms. The first-order valence-electron chi connectivity index (χ1n) is 8.02. The number of aliphatic imine (C=N–C) groups is 1. The Morgan fingerprint density at radius 1 is 1.07 bits per heavy atom. The van der Waals surface area contributed by atoms with Crippen molar-refractivity contribution >= 4 is 22.6 Å². The molecule has 0 fully saturated rings. The van der Waals surface area contributed by atoms with Crippen LogP contribution in [0, 0.1) is 17.5 Å². The van der Waals surface area contributed by atoms with E-state index in [1.54, 1.807) is 6.07 Å². The Kier molecular flexibility index (Phi) is 4.81. The number of rotatable bonds is 3. The van der Waals surface area contributed by atoms with Crippen molar-refractivity contribution in [3.63, 3.8) is 0 Å². The Balaban J connectivity index is 2.33. The van der Waals surface area contributed by atoms with E-state index in [0.717, 1.165) is 5.56 Å². The SMILES string of the molecule is CCc1cnc(-c2c(F)cc(F)cc2F)c2cc(C(=O)N=C(N)N)ccc12. The van der Waals surface area contributed by atoms with Gasteiger partial charge in [-0.1, -0.05) is 13.0 Å². The third-order valence-corrected chi connectivity index (χ3v) is 4.07. The number of aromatic nitrogens is 1. The molecular weight excluding hydrogens is 357 g/mol. The largest absolute Gasteiger partial charge is 0.370 e. The third-order valence-electron chi connectivity index (χ3n) is 4.07. The van der Waals surface area contributed by atoms with E-state index in [1.807, 2.05) is 6.92 Å². The van der Waals surface area contributed by atoms with Crippen LogP contribution in [0.25, 0.3) is 22.0 Å². The predicted molar refractivity (Wildman–Crippen MR) is 96.6 cm³/mol. The number of amides is 1. The highest BCUT2D eigenvalue weighted by atomic mass is 19.1. The Labute approximate surface area is 152 Å². The van der Waals surface area contributed by atoms with E-state index in [9.17, 15) is 18.0 Å². The van der Waals surface area contributed by atoms with Crippen LogP contribution in [0.15, 0.2) is 41.5 Å². The van der Waals surface area contributed by atoms with Crippen molar-refractivity contribution in [2.75, 3.05) is 0 Å². The van der Waals surface area contributed by atoms with Gasteiger partial charge in [0.15, 0.2) is 5.96 Å². The van der Waals surface area contributed by atoms with E-state index < -0.39 is 34.9 Å². The van der Waals surface area contributed by atoms with Crippen LogP contribution in [0.4, 0.5) is 13.2 Å². The molecule has 8 heteroatoms. The van der Waals surface area contributed by atoms with Gasteiger partial charge in [0.1, 0.15) is 17.5 Å². The topological polar surface area (TPSA) is 94.4 Å². The van der Waals surface area contributed by atoms with Crippen LogP contribution in [0.1, 0.15) is 22.8 Å². The van der Waals surface area contributed by atoms with Crippen LogP contribution in [0.5, 0.6) is 0 Å². The lowest BCUT2D eigenvalue weighted by atomic mass is 9.97. The first kappa shape index (κ1) is 18.4. The number of carbonyl (C=O) groups excluding carboxylic acids is 1. The Hall–Kier alpha value is -3.42. The summed E-state index contributed by atoms with van der Waals surface area (Å²) in [4.78, 5) is 19.7. The molecule has 1 aromatic heterocycles. The summed E-state index contributed by atoms with van der Waals surface area (Å²) in [6.07, 6.45) is 2.11. The number of guanidine groups is 1. The molecule has 1 heterocycles. The molecule has 3 rings (SSSR count). The van der Waals surface area contributed by atoms with Crippen LogP contribution in [-0.4, -0.2) is 16.9 Å². The van der Waals surface area contributed by atoms with Gasteiger partial charge in [0.2, 0.25) is 0 Å². The van der Waals surface area contributed by atoms with Crippen molar-refractivity contribution in [3.05, 3.63) is 65.1 Å². The van der Waals surface area contributed by atoms with Crippen molar-refractivity contribution in [3.8, 4) is 11.3 Å². The lowest BCUT2D eigenvalue weighted by Gasteiger charge is -2.12. The second-order valence-corrected chi connectivity index (χ2v) is 5.83. The van der Waals surface area contributed by atoms with Crippen molar-refractivity contribution in [1.82, 2.24) is 4.98 Å².